The van der Waals surface area contributed by atoms with Gasteiger partial charge >= 0.3 is 0 Å². The van der Waals surface area contributed by atoms with Gasteiger partial charge in [0.15, 0.2) is 16.7 Å². The molecule has 1 saturated heterocycles. The first-order valence-electron chi connectivity index (χ1n) is 14.8. The highest BCUT2D eigenvalue weighted by molar-refractivity contribution is 8.18. The Balaban J connectivity index is 1.21. The van der Waals surface area contributed by atoms with Gasteiger partial charge in [0.25, 0.3) is 5.91 Å². The third-order valence-electron chi connectivity index (χ3n) is 8.34. The second kappa shape index (κ2) is 12.5. The minimum atomic E-state index is 0.0991. The van der Waals surface area contributed by atoms with Crippen molar-refractivity contribution in [3.8, 4) is 11.5 Å². The molecule has 0 spiro atoms. The first-order valence-corrected chi connectivity index (χ1v) is 15.6. The van der Waals surface area contributed by atoms with Crippen molar-refractivity contribution < 1.29 is 14.3 Å². The number of carbonyl (C=O) groups is 1. The monoisotopic (exact) mass is 554 g/mol. The van der Waals surface area contributed by atoms with Gasteiger partial charge in [0.2, 0.25) is 0 Å². The van der Waals surface area contributed by atoms with Crippen LogP contribution in [-0.2, 0) is 11.4 Å². The average molecular weight is 555 g/mol. The smallest absolute Gasteiger partial charge is 0.266 e. The first-order chi connectivity index (χ1) is 19.7. The molecule has 3 aromatic carbocycles. The van der Waals surface area contributed by atoms with Gasteiger partial charge in [-0.25, -0.2) is 0 Å². The lowest BCUT2D eigenvalue weighted by Crippen LogP contribution is -2.41. The van der Waals surface area contributed by atoms with E-state index in [0.717, 1.165) is 46.9 Å². The summed E-state index contributed by atoms with van der Waals surface area (Å²) in [5, 5.41) is 3.33. The lowest BCUT2D eigenvalue weighted by Gasteiger charge is -2.31. The van der Waals surface area contributed by atoms with Crippen molar-refractivity contribution in [3.63, 3.8) is 0 Å². The number of rotatable bonds is 7. The third kappa shape index (κ3) is 6.07. The number of hydrogen-bond acceptors (Lipinski definition) is 5. The maximum absolute atomic E-state index is 13.7. The molecule has 40 heavy (non-hydrogen) atoms. The minimum absolute atomic E-state index is 0.0991. The van der Waals surface area contributed by atoms with Crippen LogP contribution in [0.3, 0.4) is 0 Å². The summed E-state index contributed by atoms with van der Waals surface area (Å²) in [4.78, 5) is 21.7. The Morgan fingerprint density at radius 2 is 1.62 bits per heavy atom. The topological polar surface area (TPSA) is 51.1 Å². The van der Waals surface area contributed by atoms with Gasteiger partial charge in [0.05, 0.1) is 18.1 Å². The molecule has 0 aromatic heterocycles. The maximum atomic E-state index is 13.7. The second-order valence-electron chi connectivity index (χ2n) is 11.2. The van der Waals surface area contributed by atoms with E-state index in [4.69, 9.17) is 14.5 Å². The highest BCUT2D eigenvalue weighted by atomic mass is 32.2. The summed E-state index contributed by atoms with van der Waals surface area (Å²) in [6, 6.07) is 21.2. The lowest BCUT2D eigenvalue weighted by atomic mass is 9.94. The van der Waals surface area contributed by atoms with E-state index in [2.05, 4.69) is 42.5 Å². The van der Waals surface area contributed by atoms with Crippen LogP contribution in [0.2, 0.25) is 0 Å². The number of amidine groups is 1. The molecule has 2 saturated carbocycles. The normalized spacial score (nSPS) is 21.0. The molecule has 0 N–H and O–H groups in total. The largest absolute Gasteiger partial charge is 0.493 e. The van der Waals surface area contributed by atoms with Gasteiger partial charge in [-0.15, -0.1) is 0 Å². The number of ether oxygens (including phenoxy) is 2. The number of thioether (sulfide) groups is 1. The van der Waals surface area contributed by atoms with Crippen molar-refractivity contribution in [1.82, 2.24) is 4.90 Å². The molecule has 3 aromatic rings. The summed E-state index contributed by atoms with van der Waals surface area (Å²) in [6.07, 6.45) is 13.8. The highest BCUT2D eigenvalue weighted by Crippen LogP contribution is 2.39. The van der Waals surface area contributed by atoms with Crippen molar-refractivity contribution in [2.24, 2.45) is 4.99 Å². The molecule has 3 fully saturated rings. The van der Waals surface area contributed by atoms with Crippen LogP contribution < -0.4 is 9.47 Å². The number of aliphatic imine (C=N–C) groups is 1. The Labute approximate surface area is 241 Å². The fourth-order valence-corrected chi connectivity index (χ4v) is 7.25. The van der Waals surface area contributed by atoms with Crippen LogP contribution in [0.4, 0.5) is 0 Å². The molecular formula is C34H38N2O3S. The molecule has 208 valence electrons. The van der Waals surface area contributed by atoms with Crippen LogP contribution >= 0.6 is 11.8 Å². The summed E-state index contributed by atoms with van der Waals surface area (Å²) in [5.41, 5.74) is 2.03. The van der Waals surface area contributed by atoms with Gasteiger partial charge in [-0.3, -0.25) is 14.7 Å². The number of nitrogens with zero attached hydrogens (tertiary/aromatic N) is 2. The molecule has 0 bridgehead atoms. The van der Waals surface area contributed by atoms with Gasteiger partial charge in [-0.1, -0.05) is 81.0 Å². The highest BCUT2D eigenvalue weighted by Gasteiger charge is 2.39. The zero-order valence-electron chi connectivity index (χ0n) is 23.3. The van der Waals surface area contributed by atoms with Crippen LogP contribution in [0.15, 0.2) is 70.6 Å². The number of carbonyl (C=O) groups excluding carboxylic acids is 1. The molecule has 0 unspecified atom stereocenters. The Morgan fingerprint density at radius 1 is 0.875 bits per heavy atom. The van der Waals surface area contributed by atoms with E-state index in [1.807, 2.05) is 29.2 Å². The SMILES string of the molecule is COc1cc(C=C2SC(=NC3CCCCC3)N(C3CCCCC3)C2=O)ccc1OCc1ccc2ccccc2c1. The van der Waals surface area contributed by atoms with E-state index >= 15 is 0 Å². The van der Waals surface area contributed by atoms with E-state index < -0.39 is 0 Å². The lowest BCUT2D eigenvalue weighted by molar-refractivity contribution is -0.124. The molecule has 6 rings (SSSR count). The molecule has 0 radical (unpaired) electrons. The van der Waals surface area contributed by atoms with E-state index in [1.165, 1.54) is 49.3 Å². The second-order valence-corrected chi connectivity index (χ2v) is 12.2. The van der Waals surface area contributed by atoms with Crippen molar-refractivity contribution in [3.05, 3.63) is 76.7 Å². The molecule has 5 nitrogen and oxygen atoms in total. The average Bonchev–Trinajstić information content (AvgIpc) is 3.30. The van der Waals surface area contributed by atoms with Crippen molar-refractivity contribution in [2.75, 3.05) is 7.11 Å². The fraction of sp³-hybridized carbons (Fsp3) is 0.412. The quantitative estimate of drug-likeness (QED) is 0.275. The standard InChI is InChI=1S/C34H38N2O3S/c1-38-31-21-24(17-19-30(31)39-23-25-16-18-26-10-8-9-11-27(26)20-25)22-32-33(37)36(29-14-6-3-7-15-29)34(40-32)35-28-12-4-2-5-13-28/h8-11,16-22,28-29H,2-7,12-15,23H2,1H3. The number of benzene rings is 3. The van der Waals surface area contributed by atoms with Crippen molar-refractivity contribution in [1.29, 1.82) is 0 Å². The molecule has 2 aliphatic carbocycles. The number of fused-ring (bicyclic) bond motifs is 1. The molecule has 3 aliphatic rings. The fourth-order valence-electron chi connectivity index (χ4n) is 6.14. The predicted molar refractivity (Wildman–Crippen MR) is 165 cm³/mol. The molecule has 6 heteroatoms. The van der Waals surface area contributed by atoms with Crippen LogP contribution in [0.5, 0.6) is 11.5 Å². The van der Waals surface area contributed by atoms with Crippen LogP contribution in [0, 0.1) is 0 Å². The summed E-state index contributed by atoms with van der Waals surface area (Å²) in [7, 11) is 1.66. The van der Waals surface area contributed by atoms with E-state index in [-0.39, 0.29) is 11.9 Å². The van der Waals surface area contributed by atoms with Gasteiger partial charge < -0.3 is 9.47 Å². The minimum Gasteiger partial charge on any atom is -0.493 e. The summed E-state index contributed by atoms with van der Waals surface area (Å²) < 4.78 is 11.9. The van der Waals surface area contributed by atoms with Gasteiger partial charge in [-0.05, 0) is 83.6 Å². The zero-order valence-corrected chi connectivity index (χ0v) is 24.1. The van der Waals surface area contributed by atoms with Crippen molar-refractivity contribution >= 4 is 39.7 Å². The van der Waals surface area contributed by atoms with Crippen molar-refractivity contribution in [2.45, 2.75) is 82.9 Å². The Hall–Kier alpha value is -3.25. The third-order valence-corrected chi connectivity index (χ3v) is 9.34. The number of amides is 1. The Bertz CT molecular complexity index is 1420. The molecule has 1 amide bonds. The molecule has 1 heterocycles. The molecule has 0 atom stereocenters. The predicted octanol–water partition coefficient (Wildman–Crippen LogP) is 8.37. The number of hydrogen-bond donors (Lipinski definition) is 0. The van der Waals surface area contributed by atoms with E-state index in [1.54, 1.807) is 18.9 Å². The maximum Gasteiger partial charge on any atom is 0.266 e. The Morgan fingerprint density at radius 3 is 2.40 bits per heavy atom. The summed E-state index contributed by atoms with van der Waals surface area (Å²) in [5.74, 6) is 1.44. The van der Waals surface area contributed by atoms with Gasteiger partial charge in [0, 0.05) is 6.04 Å². The number of methoxy groups -OCH3 is 1. The summed E-state index contributed by atoms with van der Waals surface area (Å²) >= 11 is 1.55. The zero-order chi connectivity index (χ0) is 27.3. The Kier molecular flexibility index (Phi) is 8.43. The first kappa shape index (κ1) is 26.9. The van der Waals surface area contributed by atoms with E-state index in [9.17, 15) is 4.79 Å². The molecule has 1 aliphatic heterocycles. The van der Waals surface area contributed by atoms with E-state index in [0.29, 0.717) is 24.1 Å². The van der Waals surface area contributed by atoms with Crippen LogP contribution in [0.25, 0.3) is 16.8 Å². The van der Waals surface area contributed by atoms with Gasteiger partial charge in [-0.2, -0.15) is 0 Å². The molecular weight excluding hydrogens is 516 g/mol. The van der Waals surface area contributed by atoms with Crippen LogP contribution in [0.1, 0.15) is 75.3 Å². The van der Waals surface area contributed by atoms with Gasteiger partial charge in [0.1, 0.15) is 6.61 Å². The summed E-state index contributed by atoms with van der Waals surface area (Å²) in [6.45, 7) is 0.452. The van der Waals surface area contributed by atoms with Crippen LogP contribution in [-0.4, -0.2) is 35.2 Å².